The van der Waals surface area contributed by atoms with Gasteiger partial charge in [0, 0.05) is 17.7 Å². The highest BCUT2D eigenvalue weighted by Gasteiger charge is 2.25. The van der Waals surface area contributed by atoms with E-state index >= 15 is 0 Å². The molecular formula is C16H18Cl3N7O5. The summed E-state index contributed by atoms with van der Waals surface area (Å²) in [5.41, 5.74) is 6.19. The number of nitro benzene ring substituents is 2. The van der Waals surface area contributed by atoms with Crippen LogP contribution in [0.15, 0.2) is 29.3 Å². The van der Waals surface area contributed by atoms with Gasteiger partial charge in [-0.05, 0) is 12.1 Å². The van der Waals surface area contributed by atoms with Gasteiger partial charge >= 0.3 is 0 Å². The van der Waals surface area contributed by atoms with E-state index < -0.39 is 9.85 Å². The highest BCUT2D eigenvalue weighted by atomic mass is 35.5. The average molecular weight is 495 g/mol. The Bertz CT molecular complexity index is 1040. The minimum absolute atomic E-state index is 0. The molecule has 1 aliphatic heterocycles. The van der Waals surface area contributed by atoms with Crippen molar-refractivity contribution in [3.63, 3.8) is 0 Å². The van der Waals surface area contributed by atoms with Crippen molar-refractivity contribution in [2.24, 2.45) is 22.4 Å². The number of hydrogen-bond acceptors (Lipinski definition) is 9. The zero-order chi connectivity index (χ0) is 22.3. The van der Waals surface area contributed by atoms with Crippen molar-refractivity contribution in [3.8, 4) is 6.07 Å². The van der Waals surface area contributed by atoms with Crippen molar-refractivity contribution in [2.45, 2.75) is 14.0 Å². The molecule has 0 radical (unpaired) electrons. The molecule has 0 atom stereocenters. The van der Waals surface area contributed by atoms with Gasteiger partial charge < -0.3 is 11.2 Å². The Labute approximate surface area is 191 Å². The molecule has 31 heavy (non-hydrogen) atoms. The molecule has 168 valence electrons. The lowest BCUT2D eigenvalue weighted by atomic mass is 10.1. The molecule has 0 aromatic heterocycles. The number of amidine groups is 1. The average Bonchev–Trinajstić information content (AvgIpc) is 3.06. The summed E-state index contributed by atoms with van der Waals surface area (Å²) in [6.07, 6.45) is 0. The van der Waals surface area contributed by atoms with Gasteiger partial charge in [0.25, 0.3) is 11.4 Å². The first-order chi connectivity index (χ1) is 13.7. The third-order valence-corrected chi connectivity index (χ3v) is 4.49. The molecule has 8 N–H and O–H groups in total. The highest BCUT2D eigenvalue weighted by molar-refractivity contribution is 6.38. The second-order valence-corrected chi connectivity index (χ2v) is 6.20. The van der Waals surface area contributed by atoms with E-state index in [1.165, 1.54) is 18.2 Å². The molecular weight excluding hydrogens is 477 g/mol. The molecule has 1 heterocycles. The maximum absolute atomic E-state index is 10.6. The van der Waals surface area contributed by atoms with Crippen molar-refractivity contribution in [1.29, 1.82) is 5.26 Å². The molecule has 0 saturated carbocycles. The lowest BCUT2D eigenvalue weighted by molar-refractivity contribution is -0.385. The van der Waals surface area contributed by atoms with E-state index in [1.54, 1.807) is 6.07 Å². The Morgan fingerprint density at radius 1 is 1.00 bits per heavy atom. The fourth-order valence-corrected chi connectivity index (χ4v) is 3.04. The smallest absolute Gasteiger partial charge is 0.289 e. The first kappa shape index (κ1) is 30.1. The fraction of sp³-hybridized carbons (Fsp3) is 0.125. The van der Waals surface area contributed by atoms with Crippen LogP contribution >= 0.6 is 34.8 Å². The van der Waals surface area contributed by atoms with Crippen LogP contribution in [0.3, 0.4) is 0 Å². The Morgan fingerprint density at radius 3 is 1.97 bits per heavy atom. The maximum Gasteiger partial charge on any atom is 0.289 e. The first-order valence-electron chi connectivity index (χ1n) is 7.30. The van der Waals surface area contributed by atoms with Crippen LogP contribution in [0.5, 0.6) is 0 Å². The Hall–Kier alpha value is -3.05. The largest absolute Gasteiger partial charge is 0.412 e. The molecule has 0 bridgehead atoms. The molecule has 0 unspecified atom stereocenters. The van der Waals surface area contributed by atoms with Gasteiger partial charge in [-0.15, -0.1) is 0 Å². The summed E-state index contributed by atoms with van der Waals surface area (Å²) in [4.78, 5) is 23.8. The first-order valence-corrected chi connectivity index (χ1v) is 8.44. The van der Waals surface area contributed by atoms with Crippen LogP contribution < -0.4 is 17.4 Å². The summed E-state index contributed by atoms with van der Waals surface area (Å²) in [6, 6.07) is 6.95. The lowest BCUT2D eigenvalue weighted by Gasteiger charge is -2.02. The molecule has 0 saturated heterocycles. The number of hydrazine groups is 1. The number of nitro groups is 2. The molecule has 2 aromatic carbocycles. The third kappa shape index (κ3) is 6.72. The van der Waals surface area contributed by atoms with E-state index in [4.69, 9.17) is 45.8 Å². The number of nitriles is 1. The van der Waals surface area contributed by atoms with Crippen molar-refractivity contribution in [3.05, 3.63) is 76.3 Å². The minimum atomic E-state index is -0.667. The molecule has 0 fully saturated rings. The molecule has 0 spiro atoms. The van der Waals surface area contributed by atoms with Crippen molar-refractivity contribution < 1.29 is 15.3 Å². The second kappa shape index (κ2) is 13.3. The number of fused-ring (bicyclic) bond motifs is 1. The molecule has 3 rings (SSSR count). The highest BCUT2D eigenvalue weighted by Crippen LogP contribution is 2.33. The van der Waals surface area contributed by atoms with Crippen LogP contribution in [-0.4, -0.2) is 21.2 Å². The molecule has 1 aliphatic rings. The summed E-state index contributed by atoms with van der Waals surface area (Å²) in [6.45, 7) is 0.234. The number of rotatable bonds is 2. The second-order valence-electron chi connectivity index (χ2n) is 5.00. The zero-order valence-corrected chi connectivity index (χ0v) is 17.1. The van der Waals surface area contributed by atoms with Gasteiger partial charge in [-0.1, -0.05) is 42.2 Å². The Balaban J connectivity index is 0. The minimum Gasteiger partial charge on any atom is -0.412 e. The van der Waals surface area contributed by atoms with Gasteiger partial charge in [-0.3, -0.25) is 36.9 Å². The quantitative estimate of drug-likeness (QED) is 0.318. The summed E-state index contributed by atoms with van der Waals surface area (Å²) in [5, 5.41) is 29.9. The summed E-state index contributed by atoms with van der Waals surface area (Å²) in [5.74, 6) is 8.27. The fourth-order valence-electron chi connectivity index (χ4n) is 2.24. The summed E-state index contributed by atoms with van der Waals surface area (Å²) >= 11 is 17.0. The predicted octanol–water partition coefficient (Wildman–Crippen LogP) is 2.87. The Morgan fingerprint density at radius 2 is 1.48 bits per heavy atom. The predicted molar refractivity (Wildman–Crippen MR) is 119 cm³/mol. The van der Waals surface area contributed by atoms with Crippen LogP contribution in [0.1, 0.15) is 24.1 Å². The van der Waals surface area contributed by atoms with Crippen molar-refractivity contribution in [1.82, 2.24) is 0 Å². The van der Waals surface area contributed by atoms with Crippen LogP contribution in [0.25, 0.3) is 0 Å². The monoisotopic (exact) mass is 493 g/mol. The van der Waals surface area contributed by atoms with E-state index in [2.05, 4.69) is 16.7 Å². The molecule has 2 aromatic rings. The zero-order valence-electron chi connectivity index (χ0n) is 14.8. The SMILES string of the molecule is C.N#Cc1c(Cl)ccc([N+](=O)[O-])c1Cl.NC1=NCc2c([N+](=O)[O-])ccc(Cl)c21.NN.O. The topological polar surface area (TPSA) is 232 Å². The maximum atomic E-state index is 10.6. The van der Waals surface area contributed by atoms with Gasteiger partial charge in [0.05, 0.1) is 37.6 Å². The van der Waals surface area contributed by atoms with Crippen molar-refractivity contribution >= 4 is 52.0 Å². The lowest BCUT2D eigenvalue weighted by Crippen LogP contribution is -2.11. The van der Waals surface area contributed by atoms with Gasteiger partial charge in [0.15, 0.2) is 0 Å². The molecule has 0 aliphatic carbocycles. The third-order valence-electron chi connectivity index (χ3n) is 3.48. The molecule has 15 heteroatoms. The molecule has 12 nitrogen and oxygen atoms in total. The van der Waals surface area contributed by atoms with Gasteiger partial charge in [-0.25, -0.2) is 0 Å². The van der Waals surface area contributed by atoms with Crippen LogP contribution in [0.4, 0.5) is 11.4 Å². The number of halogens is 3. The summed E-state index contributed by atoms with van der Waals surface area (Å²) in [7, 11) is 0. The van der Waals surface area contributed by atoms with E-state index in [9.17, 15) is 20.2 Å². The van der Waals surface area contributed by atoms with Crippen LogP contribution in [0.2, 0.25) is 15.1 Å². The number of nitrogens with zero attached hydrogens (tertiary/aromatic N) is 4. The van der Waals surface area contributed by atoms with E-state index in [-0.39, 0.29) is 52.3 Å². The van der Waals surface area contributed by atoms with E-state index in [0.717, 1.165) is 6.07 Å². The van der Waals surface area contributed by atoms with E-state index in [1.807, 2.05) is 0 Å². The van der Waals surface area contributed by atoms with E-state index in [0.29, 0.717) is 16.1 Å². The number of aliphatic imine (C=N–C) groups is 1. The van der Waals surface area contributed by atoms with Gasteiger partial charge in [0.1, 0.15) is 16.9 Å². The number of benzene rings is 2. The van der Waals surface area contributed by atoms with Crippen LogP contribution in [0, 0.1) is 31.6 Å². The standard InChI is InChI=1S/C8H6ClN3O2.C7H2Cl2N2O2.CH4.H4N2.H2O/c9-5-1-2-6(12(13)14)4-3-11-8(10)7(4)5;8-5-1-2-6(11(12)13)7(9)4(5)3-10;;1-2;/h1-2H,3H2,(H2,10,11);1-2H;1H4;1-2H2;1H2. The normalized spacial score (nSPS) is 10.3. The van der Waals surface area contributed by atoms with Crippen LogP contribution in [-0.2, 0) is 6.54 Å². The Kier molecular flexibility index (Phi) is 12.9. The van der Waals surface area contributed by atoms with Crippen molar-refractivity contribution in [2.75, 3.05) is 0 Å². The number of hydrogen-bond donors (Lipinski definition) is 3. The van der Waals surface area contributed by atoms with Gasteiger partial charge in [0.2, 0.25) is 0 Å². The summed E-state index contributed by atoms with van der Waals surface area (Å²) < 4.78 is 0. The van der Waals surface area contributed by atoms with Gasteiger partial charge in [-0.2, -0.15) is 5.26 Å². The molecule has 0 amide bonds. The number of nitrogens with two attached hydrogens (primary N) is 3.